The number of fused-ring (bicyclic) bond motifs is 2. The zero-order chi connectivity index (χ0) is 23.7. The lowest BCUT2D eigenvalue weighted by atomic mass is 10.1. The smallest absolute Gasteiger partial charge is 0.252 e. The molecule has 0 fully saturated rings. The van der Waals surface area contributed by atoms with E-state index in [-0.39, 0.29) is 11.9 Å². The van der Waals surface area contributed by atoms with Gasteiger partial charge in [0.15, 0.2) is 0 Å². The molecule has 3 heterocycles. The van der Waals surface area contributed by atoms with Gasteiger partial charge in [0.1, 0.15) is 5.82 Å². The van der Waals surface area contributed by atoms with Gasteiger partial charge in [-0.3, -0.25) is 9.36 Å². The molecule has 0 radical (unpaired) electrons. The van der Waals surface area contributed by atoms with Crippen LogP contribution in [0.15, 0.2) is 54.6 Å². The third-order valence-corrected chi connectivity index (χ3v) is 6.01. The molecule has 34 heavy (non-hydrogen) atoms. The average molecular weight is 456 g/mol. The zero-order valence-electron chi connectivity index (χ0n) is 19.8. The molecule has 1 amide bonds. The summed E-state index contributed by atoms with van der Waals surface area (Å²) in [5.74, 6) is 1.31. The first-order valence-electron chi connectivity index (χ1n) is 11.7. The Hall–Kier alpha value is -3.71. The average Bonchev–Trinajstić information content (AvgIpc) is 3.18. The number of nitrogens with one attached hydrogen (secondary N) is 2. The number of carbonyl (C=O) groups excluding carboxylic acids is 1. The van der Waals surface area contributed by atoms with Crippen LogP contribution in [-0.4, -0.2) is 33.1 Å². The predicted molar refractivity (Wildman–Crippen MR) is 133 cm³/mol. The molecule has 2 aromatic carbocycles. The van der Waals surface area contributed by atoms with Gasteiger partial charge in [-0.25, -0.2) is 4.98 Å². The van der Waals surface area contributed by atoms with Crippen LogP contribution in [0.25, 0.3) is 16.9 Å². The van der Waals surface area contributed by atoms with E-state index < -0.39 is 0 Å². The highest BCUT2D eigenvalue weighted by molar-refractivity contribution is 6.07. The van der Waals surface area contributed by atoms with Gasteiger partial charge in [-0.15, -0.1) is 0 Å². The molecule has 4 aromatic rings. The second-order valence-electron chi connectivity index (χ2n) is 8.93. The van der Waals surface area contributed by atoms with Crippen molar-refractivity contribution in [2.75, 3.05) is 11.9 Å². The molecule has 0 spiro atoms. The normalized spacial score (nSPS) is 13.2. The number of carbonyl (C=O) groups is 1. The number of hydrogen-bond acceptors (Lipinski definition) is 5. The van der Waals surface area contributed by atoms with E-state index in [1.807, 2.05) is 67.8 Å². The maximum absolute atomic E-state index is 12.8. The summed E-state index contributed by atoms with van der Waals surface area (Å²) in [6.07, 6.45) is 0.741. The molecule has 0 aliphatic carbocycles. The summed E-state index contributed by atoms with van der Waals surface area (Å²) in [5, 5.41) is 7.39. The first-order chi connectivity index (χ1) is 16.5. The lowest BCUT2D eigenvalue weighted by molar-refractivity contribution is 0.0944. The van der Waals surface area contributed by atoms with Crippen molar-refractivity contribution in [3.05, 3.63) is 82.7 Å². The third kappa shape index (κ3) is 4.26. The first kappa shape index (κ1) is 22.1. The van der Waals surface area contributed by atoms with Crippen molar-refractivity contribution in [1.29, 1.82) is 0 Å². The molecule has 174 valence electrons. The van der Waals surface area contributed by atoms with E-state index in [1.165, 1.54) is 5.56 Å². The Morgan fingerprint density at radius 2 is 1.94 bits per heavy atom. The van der Waals surface area contributed by atoms with Crippen molar-refractivity contribution >= 4 is 22.6 Å². The fourth-order valence-corrected chi connectivity index (χ4v) is 4.41. The Morgan fingerprint density at radius 1 is 1.12 bits per heavy atom. The SMILES string of the molecule is Cc1cc2c(C(=O)NC(C)C)cccc2n1-c1nc2c(c(NCc3ccccc3)n1)COCC2. The molecular formula is C27H29N5O2. The largest absolute Gasteiger partial charge is 0.376 e. The van der Waals surface area contributed by atoms with Crippen LogP contribution in [0.2, 0.25) is 0 Å². The summed E-state index contributed by atoms with van der Waals surface area (Å²) < 4.78 is 7.75. The van der Waals surface area contributed by atoms with E-state index in [0.717, 1.165) is 40.1 Å². The molecule has 7 nitrogen and oxygen atoms in total. The number of hydrogen-bond donors (Lipinski definition) is 2. The standard InChI is InChI=1S/C27H29N5O2/c1-17(2)29-26(33)20-10-7-11-24-21(20)14-18(3)32(24)27-30-23-12-13-34-16-22(23)25(31-27)28-15-19-8-5-4-6-9-19/h4-11,14,17H,12-13,15-16H2,1-3H3,(H,29,33)(H,28,30,31). The van der Waals surface area contributed by atoms with Gasteiger partial charge in [0, 0.05) is 41.2 Å². The first-order valence-corrected chi connectivity index (χ1v) is 11.7. The Kier molecular flexibility index (Phi) is 6.02. The van der Waals surface area contributed by atoms with E-state index in [4.69, 9.17) is 14.7 Å². The van der Waals surface area contributed by atoms with Crippen LogP contribution in [0.1, 0.15) is 46.7 Å². The molecule has 0 bridgehead atoms. The van der Waals surface area contributed by atoms with Crippen LogP contribution in [0.5, 0.6) is 0 Å². The lowest BCUT2D eigenvalue weighted by Crippen LogP contribution is -2.30. The molecule has 0 saturated heterocycles. The molecule has 0 unspecified atom stereocenters. The molecule has 2 N–H and O–H groups in total. The second kappa shape index (κ2) is 9.27. The fraction of sp³-hybridized carbons (Fsp3) is 0.296. The number of aryl methyl sites for hydroxylation is 1. The highest BCUT2D eigenvalue weighted by Crippen LogP contribution is 2.29. The van der Waals surface area contributed by atoms with Gasteiger partial charge in [-0.1, -0.05) is 36.4 Å². The molecule has 1 aliphatic rings. The summed E-state index contributed by atoms with van der Waals surface area (Å²) in [6, 6.07) is 18.1. The van der Waals surface area contributed by atoms with Gasteiger partial charge >= 0.3 is 0 Å². The minimum atomic E-state index is -0.0773. The van der Waals surface area contributed by atoms with E-state index in [2.05, 4.69) is 22.8 Å². The van der Waals surface area contributed by atoms with Crippen LogP contribution >= 0.6 is 0 Å². The quantitative estimate of drug-likeness (QED) is 0.446. The van der Waals surface area contributed by atoms with Gasteiger partial charge in [0.2, 0.25) is 5.95 Å². The summed E-state index contributed by atoms with van der Waals surface area (Å²) in [5.41, 5.74) is 5.73. The van der Waals surface area contributed by atoms with Gasteiger partial charge in [0.05, 0.1) is 24.4 Å². The topological polar surface area (TPSA) is 81.1 Å². The van der Waals surface area contributed by atoms with Crippen LogP contribution in [0.4, 0.5) is 5.82 Å². The van der Waals surface area contributed by atoms with Crippen molar-refractivity contribution < 1.29 is 9.53 Å². The number of nitrogens with zero attached hydrogens (tertiary/aromatic N) is 3. The molecule has 7 heteroatoms. The summed E-state index contributed by atoms with van der Waals surface area (Å²) in [4.78, 5) is 22.7. The number of rotatable bonds is 6. The Balaban J connectivity index is 1.59. The lowest BCUT2D eigenvalue weighted by Gasteiger charge is -2.21. The number of benzene rings is 2. The van der Waals surface area contributed by atoms with Crippen LogP contribution < -0.4 is 10.6 Å². The monoisotopic (exact) mass is 455 g/mol. The number of amides is 1. The van der Waals surface area contributed by atoms with Crippen LogP contribution in [-0.2, 0) is 24.3 Å². The van der Waals surface area contributed by atoms with Crippen molar-refractivity contribution in [2.45, 2.75) is 46.4 Å². The molecule has 5 rings (SSSR count). The number of aromatic nitrogens is 3. The summed E-state index contributed by atoms with van der Waals surface area (Å²) in [7, 11) is 0. The van der Waals surface area contributed by atoms with Crippen molar-refractivity contribution in [2.24, 2.45) is 0 Å². The minimum Gasteiger partial charge on any atom is -0.376 e. The fourth-order valence-electron chi connectivity index (χ4n) is 4.41. The number of anilines is 1. The molecule has 1 aliphatic heterocycles. The van der Waals surface area contributed by atoms with Crippen molar-refractivity contribution in [3.63, 3.8) is 0 Å². The Labute approximate surface area is 199 Å². The van der Waals surface area contributed by atoms with Crippen LogP contribution in [0.3, 0.4) is 0 Å². The van der Waals surface area contributed by atoms with E-state index in [9.17, 15) is 4.79 Å². The highest BCUT2D eigenvalue weighted by Gasteiger charge is 2.22. The summed E-state index contributed by atoms with van der Waals surface area (Å²) in [6.45, 7) is 7.75. The van der Waals surface area contributed by atoms with Crippen LogP contribution in [0, 0.1) is 6.92 Å². The number of ether oxygens (including phenoxy) is 1. The van der Waals surface area contributed by atoms with E-state index in [0.29, 0.717) is 31.3 Å². The maximum Gasteiger partial charge on any atom is 0.252 e. The second-order valence-corrected chi connectivity index (χ2v) is 8.93. The third-order valence-electron chi connectivity index (χ3n) is 6.01. The van der Waals surface area contributed by atoms with Gasteiger partial charge in [-0.05, 0) is 44.5 Å². The molecular weight excluding hydrogens is 426 g/mol. The van der Waals surface area contributed by atoms with E-state index in [1.54, 1.807) is 0 Å². The van der Waals surface area contributed by atoms with Crippen molar-refractivity contribution in [3.8, 4) is 5.95 Å². The minimum absolute atomic E-state index is 0.0652. The van der Waals surface area contributed by atoms with Gasteiger partial charge < -0.3 is 15.4 Å². The highest BCUT2D eigenvalue weighted by atomic mass is 16.5. The summed E-state index contributed by atoms with van der Waals surface area (Å²) >= 11 is 0. The predicted octanol–water partition coefficient (Wildman–Crippen LogP) is 4.55. The van der Waals surface area contributed by atoms with Crippen molar-refractivity contribution in [1.82, 2.24) is 19.9 Å². The van der Waals surface area contributed by atoms with Gasteiger partial charge in [0.25, 0.3) is 5.91 Å². The molecule has 2 aromatic heterocycles. The molecule has 0 atom stereocenters. The Morgan fingerprint density at radius 3 is 2.74 bits per heavy atom. The maximum atomic E-state index is 12.8. The Bertz CT molecular complexity index is 1340. The van der Waals surface area contributed by atoms with E-state index >= 15 is 0 Å². The zero-order valence-corrected chi connectivity index (χ0v) is 19.8. The van der Waals surface area contributed by atoms with Gasteiger partial charge in [-0.2, -0.15) is 4.98 Å². The molecule has 0 saturated carbocycles.